The predicted octanol–water partition coefficient (Wildman–Crippen LogP) is 3.57. The van der Waals surface area contributed by atoms with Crippen molar-refractivity contribution in [3.05, 3.63) is 35.8 Å². The van der Waals surface area contributed by atoms with Crippen LogP contribution in [0.1, 0.15) is 44.3 Å². The fraction of sp³-hybridized carbons (Fsp3) is 0.600. The first kappa shape index (κ1) is 15.0. The Morgan fingerprint density at radius 3 is 2.78 bits per heavy atom. The first-order chi connectivity index (χ1) is 8.42. The zero-order chi connectivity index (χ0) is 13.6. The average Bonchev–Trinajstić information content (AvgIpc) is 2.62. The van der Waals surface area contributed by atoms with Gasteiger partial charge in [-0.2, -0.15) is 0 Å². The van der Waals surface area contributed by atoms with Gasteiger partial charge in [0.2, 0.25) is 0 Å². The molecule has 0 saturated heterocycles. The maximum atomic E-state index is 5.67. The van der Waals surface area contributed by atoms with Crippen molar-refractivity contribution < 1.29 is 9.15 Å². The van der Waals surface area contributed by atoms with Gasteiger partial charge in [-0.15, -0.1) is 6.58 Å². The maximum absolute atomic E-state index is 5.67. The SMILES string of the molecule is C=CCCOCc1cc(CNC(C)(C)C)c(C)o1. The van der Waals surface area contributed by atoms with Gasteiger partial charge in [0.1, 0.15) is 18.1 Å². The van der Waals surface area contributed by atoms with Crippen LogP contribution >= 0.6 is 0 Å². The second-order valence-electron chi connectivity index (χ2n) is 5.53. The third-order valence-corrected chi connectivity index (χ3v) is 2.59. The van der Waals surface area contributed by atoms with Crippen molar-refractivity contribution in [2.45, 2.75) is 52.8 Å². The number of ether oxygens (including phenoxy) is 1. The summed E-state index contributed by atoms with van der Waals surface area (Å²) in [6, 6.07) is 2.07. The van der Waals surface area contributed by atoms with Crippen molar-refractivity contribution in [1.82, 2.24) is 5.32 Å². The van der Waals surface area contributed by atoms with Gasteiger partial charge < -0.3 is 14.5 Å². The Hall–Kier alpha value is -1.06. The predicted molar refractivity (Wildman–Crippen MR) is 74.5 cm³/mol. The molecule has 0 radical (unpaired) electrons. The van der Waals surface area contributed by atoms with E-state index in [1.54, 1.807) is 0 Å². The second-order valence-corrected chi connectivity index (χ2v) is 5.53. The highest BCUT2D eigenvalue weighted by atomic mass is 16.5. The van der Waals surface area contributed by atoms with Gasteiger partial charge in [0.15, 0.2) is 0 Å². The molecule has 0 fully saturated rings. The third-order valence-electron chi connectivity index (χ3n) is 2.59. The number of furan rings is 1. The van der Waals surface area contributed by atoms with Crippen LogP contribution in [0.5, 0.6) is 0 Å². The van der Waals surface area contributed by atoms with Crippen LogP contribution in [0.3, 0.4) is 0 Å². The zero-order valence-electron chi connectivity index (χ0n) is 12.0. The molecule has 1 rings (SSSR count). The fourth-order valence-electron chi connectivity index (χ4n) is 1.53. The smallest absolute Gasteiger partial charge is 0.130 e. The first-order valence-electron chi connectivity index (χ1n) is 6.44. The van der Waals surface area contributed by atoms with Gasteiger partial charge in [-0.1, -0.05) is 6.08 Å². The van der Waals surface area contributed by atoms with Crippen LogP contribution in [0, 0.1) is 6.92 Å². The maximum Gasteiger partial charge on any atom is 0.130 e. The van der Waals surface area contributed by atoms with Crippen molar-refractivity contribution in [3.8, 4) is 0 Å². The van der Waals surface area contributed by atoms with E-state index in [1.165, 1.54) is 5.56 Å². The minimum atomic E-state index is 0.115. The minimum absolute atomic E-state index is 0.115. The van der Waals surface area contributed by atoms with E-state index >= 15 is 0 Å². The molecule has 0 bridgehead atoms. The number of aryl methyl sites for hydroxylation is 1. The molecule has 0 spiro atoms. The van der Waals surface area contributed by atoms with Crippen molar-refractivity contribution in [1.29, 1.82) is 0 Å². The molecule has 18 heavy (non-hydrogen) atoms. The minimum Gasteiger partial charge on any atom is -0.464 e. The van der Waals surface area contributed by atoms with Crippen molar-refractivity contribution in [3.63, 3.8) is 0 Å². The standard InChI is InChI=1S/C15H25NO2/c1-6-7-8-17-11-14-9-13(12(2)18-14)10-16-15(3,4)5/h6,9,16H,1,7-8,10-11H2,2-5H3. The summed E-state index contributed by atoms with van der Waals surface area (Å²) in [6.45, 7) is 14.2. The molecule has 0 unspecified atom stereocenters. The molecule has 0 aliphatic heterocycles. The molecule has 1 heterocycles. The van der Waals surface area contributed by atoms with E-state index in [-0.39, 0.29) is 5.54 Å². The van der Waals surface area contributed by atoms with Gasteiger partial charge in [-0.25, -0.2) is 0 Å². The summed E-state index contributed by atoms with van der Waals surface area (Å²) in [5.41, 5.74) is 1.32. The molecule has 1 N–H and O–H groups in total. The normalized spacial score (nSPS) is 11.8. The molecule has 3 heteroatoms. The van der Waals surface area contributed by atoms with E-state index in [0.29, 0.717) is 13.2 Å². The largest absolute Gasteiger partial charge is 0.464 e. The molecular formula is C15H25NO2. The Balaban J connectivity index is 2.45. The molecule has 0 atom stereocenters. The van der Waals surface area contributed by atoms with Gasteiger partial charge in [0.25, 0.3) is 0 Å². The zero-order valence-corrected chi connectivity index (χ0v) is 12.0. The summed E-state index contributed by atoms with van der Waals surface area (Å²) in [4.78, 5) is 0. The van der Waals surface area contributed by atoms with Crippen LogP contribution in [0.2, 0.25) is 0 Å². The Kier molecular flexibility index (Phi) is 5.63. The second kappa shape index (κ2) is 6.76. The van der Waals surface area contributed by atoms with Gasteiger partial charge in [-0.05, 0) is 40.2 Å². The van der Waals surface area contributed by atoms with Crippen molar-refractivity contribution >= 4 is 0 Å². The summed E-state index contributed by atoms with van der Waals surface area (Å²) < 4.78 is 11.2. The third kappa shape index (κ3) is 5.52. The molecule has 1 aromatic heterocycles. The molecule has 0 saturated carbocycles. The van der Waals surface area contributed by atoms with Crippen LogP contribution < -0.4 is 5.32 Å². The van der Waals surface area contributed by atoms with Crippen molar-refractivity contribution in [2.24, 2.45) is 0 Å². The van der Waals surface area contributed by atoms with Gasteiger partial charge >= 0.3 is 0 Å². The highest BCUT2D eigenvalue weighted by Gasteiger charge is 2.12. The number of nitrogens with one attached hydrogen (secondary N) is 1. The summed E-state index contributed by atoms with van der Waals surface area (Å²) in [7, 11) is 0. The number of hydrogen-bond acceptors (Lipinski definition) is 3. The highest BCUT2D eigenvalue weighted by Crippen LogP contribution is 2.16. The van der Waals surface area contributed by atoms with Crippen LogP contribution in [0.4, 0.5) is 0 Å². The van der Waals surface area contributed by atoms with E-state index in [9.17, 15) is 0 Å². The molecule has 102 valence electrons. The van der Waals surface area contributed by atoms with Crippen molar-refractivity contribution in [2.75, 3.05) is 6.61 Å². The summed E-state index contributed by atoms with van der Waals surface area (Å²) in [5, 5.41) is 3.45. The lowest BCUT2D eigenvalue weighted by atomic mass is 10.1. The first-order valence-corrected chi connectivity index (χ1v) is 6.44. The van der Waals surface area contributed by atoms with E-state index in [1.807, 2.05) is 13.0 Å². The van der Waals surface area contributed by atoms with Crippen LogP contribution in [0.25, 0.3) is 0 Å². The Morgan fingerprint density at radius 1 is 1.44 bits per heavy atom. The lowest BCUT2D eigenvalue weighted by molar-refractivity contribution is 0.109. The van der Waals surface area contributed by atoms with Gasteiger partial charge in [0.05, 0.1) is 6.61 Å². The van der Waals surface area contributed by atoms with E-state index in [2.05, 4.69) is 38.7 Å². The molecule has 0 aromatic carbocycles. The molecule has 0 aliphatic rings. The lowest BCUT2D eigenvalue weighted by Crippen LogP contribution is -2.35. The summed E-state index contributed by atoms with van der Waals surface area (Å²) in [5.74, 6) is 1.86. The van der Waals surface area contributed by atoms with E-state index < -0.39 is 0 Å². The lowest BCUT2D eigenvalue weighted by Gasteiger charge is -2.20. The highest BCUT2D eigenvalue weighted by molar-refractivity contribution is 5.20. The van der Waals surface area contributed by atoms with Gasteiger partial charge in [0, 0.05) is 17.6 Å². The molecule has 3 nitrogen and oxygen atoms in total. The monoisotopic (exact) mass is 251 g/mol. The number of hydrogen-bond donors (Lipinski definition) is 1. The molecular weight excluding hydrogens is 226 g/mol. The van der Waals surface area contributed by atoms with Crippen LogP contribution in [-0.4, -0.2) is 12.1 Å². The van der Waals surface area contributed by atoms with E-state index in [4.69, 9.17) is 9.15 Å². The van der Waals surface area contributed by atoms with Crippen LogP contribution in [0.15, 0.2) is 23.1 Å². The van der Waals surface area contributed by atoms with E-state index in [0.717, 1.165) is 24.5 Å². The summed E-state index contributed by atoms with van der Waals surface area (Å²) in [6.07, 6.45) is 2.73. The van der Waals surface area contributed by atoms with Crippen LogP contribution in [-0.2, 0) is 17.9 Å². The summed E-state index contributed by atoms with van der Waals surface area (Å²) >= 11 is 0. The van der Waals surface area contributed by atoms with Gasteiger partial charge in [-0.3, -0.25) is 0 Å². The molecule has 0 aliphatic carbocycles. The Labute approximate surface area is 110 Å². The number of rotatable bonds is 7. The average molecular weight is 251 g/mol. The topological polar surface area (TPSA) is 34.4 Å². The quantitative estimate of drug-likeness (QED) is 0.594. The Bertz CT molecular complexity index is 374. The molecule has 1 aromatic rings. The molecule has 0 amide bonds. The Morgan fingerprint density at radius 2 is 2.17 bits per heavy atom. The fourth-order valence-corrected chi connectivity index (χ4v) is 1.53.